The number of hydrogen-bond donors (Lipinski definition) is 1. The van der Waals surface area contributed by atoms with Crippen LogP contribution in [0.5, 0.6) is 5.88 Å². The molecule has 2 aromatic heterocycles. The molecule has 2 aromatic rings. The number of nitrogens with two attached hydrogens (primary N) is 1. The van der Waals surface area contributed by atoms with Crippen LogP contribution in [0.4, 0.5) is 5.69 Å². The van der Waals surface area contributed by atoms with E-state index < -0.39 is 0 Å². The van der Waals surface area contributed by atoms with Gasteiger partial charge < -0.3 is 10.5 Å². The van der Waals surface area contributed by atoms with Gasteiger partial charge in [-0.3, -0.25) is 0 Å². The molecule has 6 nitrogen and oxygen atoms in total. The van der Waals surface area contributed by atoms with E-state index in [0.717, 1.165) is 5.56 Å². The van der Waals surface area contributed by atoms with Crippen LogP contribution in [-0.4, -0.2) is 26.5 Å². The summed E-state index contributed by atoms with van der Waals surface area (Å²) >= 11 is 1.28. The molecule has 0 aliphatic carbocycles. The van der Waals surface area contributed by atoms with Crippen molar-refractivity contribution in [2.45, 2.75) is 24.0 Å². The molecule has 0 atom stereocenters. The van der Waals surface area contributed by atoms with Gasteiger partial charge in [0.1, 0.15) is 17.0 Å². The molecule has 0 spiro atoms. The van der Waals surface area contributed by atoms with Crippen molar-refractivity contribution in [1.29, 1.82) is 0 Å². The Balaban J connectivity index is 2.23. The highest BCUT2D eigenvalue weighted by molar-refractivity contribution is 7.99. The van der Waals surface area contributed by atoms with Crippen molar-refractivity contribution in [2.24, 2.45) is 0 Å². The minimum absolute atomic E-state index is 0.391. The van der Waals surface area contributed by atoms with Gasteiger partial charge in [0.15, 0.2) is 5.16 Å². The standard InChI is InChI=1S/C11H13N5OS/c1-3-17-9-8(12)10(16-6-15-9)18-11-13-4-7(2)5-14-11/h4-6H,3,12H2,1-2H3. The van der Waals surface area contributed by atoms with Crippen molar-refractivity contribution in [3.8, 4) is 5.88 Å². The summed E-state index contributed by atoms with van der Waals surface area (Å²) in [6.45, 7) is 4.31. The van der Waals surface area contributed by atoms with Gasteiger partial charge in [-0.2, -0.15) is 4.98 Å². The molecular weight excluding hydrogens is 250 g/mol. The van der Waals surface area contributed by atoms with Crippen molar-refractivity contribution >= 4 is 17.4 Å². The van der Waals surface area contributed by atoms with Crippen LogP contribution in [0.3, 0.4) is 0 Å². The summed E-state index contributed by atoms with van der Waals surface area (Å²) in [5, 5.41) is 1.19. The third kappa shape index (κ3) is 2.86. The largest absolute Gasteiger partial charge is 0.476 e. The highest BCUT2D eigenvalue weighted by atomic mass is 32.2. The molecule has 0 aliphatic rings. The number of nitrogens with zero attached hydrogens (tertiary/aromatic N) is 4. The Hall–Kier alpha value is -1.89. The predicted molar refractivity (Wildman–Crippen MR) is 68.5 cm³/mol. The highest BCUT2D eigenvalue weighted by Gasteiger charge is 2.11. The maximum Gasteiger partial charge on any atom is 0.241 e. The Morgan fingerprint density at radius 2 is 1.94 bits per heavy atom. The van der Waals surface area contributed by atoms with E-state index in [1.54, 1.807) is 12.4 Å². The summed E-state index contributed by atoms with van der Waals surface area (Å²) < 4.78 is 5.30. The first-order valence-corrected chi connectivity index (χ1v) is 6.22. The van der Waals surface area contributed by atoms with E-state index in [4.69, 9.17) is 10.5 Å². The molecule has 7 heteroatoms. The van der Waals surface area contributed by atoms with E-state index in [1.165, 1.54) is 18.1 Å². The fourth-order valence-electron chi connectivity index (χ4n) is 1.22. The molecule has 94 valence electrons. The van der Waals surface area contributed by atoms with Gasteiger partial charge >= 0.3 is 0 Å². The van der Waals surface area contributed by atoms with E-state index in [2.05, 4.69) is 19.9 Å². The van der Waals surface area contributed by atoms with Crippen LogP contribution in [0.25, 0.3) is 0 Å². The molecule has 0 radical (unpaired) electrons. The molecule has 0 saturated heterocycles. The first-order valence-electron chi connectivity index (χ1n) is 5.40. The monoisotopic (exact) mass is 263 g/mol. The minimum Gasteiger partial charge on any atom is -0.476 e. The van der Waals surface area contributed by atoms with Crippen LogP contribution in [-0.2, 0) is 0 Å². The Kier molecular flexibility index (Phi) is 3.93. The van der Waals surface area contributed by atoms with E-state index in [-0.39, 0.29) is 0 Å². The molecular formula is C11H13N5OS. The predicted octanol–water partition coefficient (Wildman–Crippen LogP) is 1.71. The number of anilines is 1. The van der Waals surface area contributed by atoms with Gasteiger partial charge in [-0.25, -0.2) is 15.0 Å². The fraction of sp³-hybridized carbons (Fsp3) is 0.273. The van der Waals surface area contributed by atoms with Crippen molar-refractivity contribution in [3.05, 3.63) is 24.3 Å². The molecule has 0 amide bonds. The number of nitrogen functional groups attached to an aromatic ring is 1. The maximum atomic E-state index is 5.92. The topological polar surface area (TPSA) is 86.8 Å². The average molecular weight is 263 g/mol. The Morgan fingerprint density at radius 3 is 2.61 bits per heavy atom. The highest BCUT2D eigenvalue weighted by Crippen LogP contribution is 2.31. The van der Waals surface area contributed by atoms with Crippen molar-refractivity contribution in [1.82, 2.24) is 19.9 Å². The third-order valence-electron chi connectivity index (χ3n) is 2.04. The fourth-order valence-corrected chi connectivity index (χ4v) is 1.90. The first-order chi connectivity index (χ1) is 8.70. The van der Waals surface area contributed by atoms with Crippen molar-refractivity contribution < 1.29 is 4.74 Å². The van der Waals surface area contributed by atoms with E-state index >= 15 is 0 Å². The van der Waals surface area contributed by atoms with Crippen LogP contribution in [0, 0.1) is 6.92 Å². The number of aromatic nitrogens is 4. The van der Waals surface area contributed by atoms with Gasteiger partial charge in [0, 0.05) is 12.4 Å². The molecule has 0 aromatic carbocycles. The maximum absolute atomic E-state index is 5.92. The number of aryl methyl sites for hydroxylation is 1. The third-order valence-corrected chi connectivity index (χ3v) is 2.95. The molecule has 2 rings (SSSR count). The van der Waals surface area contributed by atoms with Gasteiger partial charge in [-0.15, -0.1) is 0 Å². The molecule has 0 fully saturated rings. The number of ether oxygens (including phenoxy) is 1. The second-order valence-corrected chi connectivity index (χ2v) is 4.43. The summed E-state index contributed by atoms with van der Waals surface area (Å²) in [6.07, 6.45) is 4.91. The van der Waals surface area contributed by atoms with E-state index in [9.17, 15) is 0 Å². The Labute approximate surface area is 109 Å². The summed E-state index contributed by atoms with van der Waals surface area (Å²) in [4.78, 5) is 16.4. The number of rotatable bonds is 4. The van der Waals surface area contributed by atoms with E-state index in [1.807, 2.05) is 13.8 Å². The molecule has 0 bridgehead atoms. The summed E-state index contributed by atoms with van der Waals surface area (Å²) in [5.74, 6) is 0.391. The first kappa shape index (κ1) is 12.6. The van der Waals surface area contributed by atoms with Gasteiger partial charge in [0.2, 0.25) is 5.88 Å². The summed E-state index contributed by atoms with van der Waals surface area (Å²) in [7, 11) is 0. The lowest BCUT2D eigenvalue weighted by Gasteiger charge is -2.07. The Bertz CT molecular complexity index is 531. The summed E-state index contributed by atoms with van der Waals surface area (Å²) in [6, 6.07) is 0. The molecule has 2 heterocycles. The average Bonchev–Trinajstić information content (AvgIpc) is 2.37. The van der Waals surface area contributed by atoms with Gasteiger partial charge in [0.25, 0.3) is 0 Å². The van der Waals surface area contributed by atoms with Crippen molar-refractivity contribution in [2.75, 3.05) is 12.3 Å². The zero-order valence-electron chi connectivity index (χ0n) is 10.1. The summed E-state index contributed by atoms with van der Waals surface area (Å²) in [5.41, 5.74) is 7.34. The molecule has 0 saturated carbocycles. The molecule has 18 heavy (non-hydrogen) atoms. The normalized spacial score (nSPS) is 10.3. The van der Waals surface area contributed by atoms with Gasteiger partial charge in [-0.1, -0.05) is 0 Å². The van der Waals surface area contributed by atoms with Crippen LogP contribution in [0.2, 0.25) is 0 Å². The molecule has 2 N–H and O–H groups in total. The zero-order chi connectivity index (χ0) is 13.0. The van der Waals surface area contributed by atoms with Crippen molar-refractivity contribution in [3.63, 3.8) is 0 Å². The van der Waals surface area contributed by atoms with Crippen LogP contribution in [0.1, 0.15) is 12.5 Å². The quantitative estimate of drug-likeness (QED) is 0.663. The lowest BCUT2D eigenvalue weighted by molar-refractivity contribution is 0.327. The van der Waals surface area contributed by atoms with Crippen LogP contribution >= 0.6 is 11.8 Å². The lowest BCUT2D eigenvalue weighted by Crippen LogP contribution is -2.02. The minimum atomic E-state index is 0.391. The number of hydrogen-bond acceptors (Lipinski definition) is 7. The van der Waals surface area contributed by atoms with Crippen LogP contribution in [0.15, 0.2) is 28.9 Å². The van der Waals surface area contributed by atoms with E-state index in [0.29, 0.717) is 28.4 Å². The van der Waals surface area contributed by atoms with Gasteiger partial charge in [0.05, 0.1) is 6.61 Å². The second-order valence-electron chi connectivity index (χ2n) is 3.48. The second kappa shape index (κ2) is 5.63. The SMILES string of the molecule is CCOc1ncnc(Sc2ncc(C)cn2)c1N. The van der Waals surface area contributed by atoms with Crippen LogP contribution < -0.4 is 10.5 Å². The smallest absolute Gasteiger partial charge is 0.241 e. The molecule has 0 unspecified atom stereocenters. The molecule has 0 aliphatic heterocycles. The van der Waals surface area contributed by atoms with Gasteiger partial charge in [-0.05, 0) is 31.2 Å². The zero-order valence-corrected chi connectivity index (χ0v) is 10.9. The lowest BCUT2D eigenvalue weighted by atomic mass is 10.4. The Morgan fingerprint density at radius 1 is 1.22 bits per heavy atom.